The Hall–Kier alpha value is -2.16. The van der Waals surface area contributed by atoms with E-state index in [9.17, 15) is 14.4 Å². The highest BCUT2D eigenvalue weighted by atomic mass is 16.6. The molecule has 9 nitrogen and oxygen atoms in total. The molecule has 2 N–H and O–H groups in total. The maximum absolute atomic E-state index is 11.1. The molecule has 9 heteroatoms. The first-order valence-electron chi connectivity index (χ1n) is 6.38. The summed E-state index contributed by atoms with van der Waals surface area (Å²) in [5.74, 6) is -0.693. The summed E-state index contributed by atoms with van der Waals surface area (Å²) < 4.78 is 9.62. The number of ether oxygens (including phenoxy) is 2. The minimum absolute atomic E-state index is 0.0542. The molecule has 0 rings (SSSR count). The van der Waals surface area contributed by atoms with Gasteiger partial charge in [-0.1, -0.05) is 5.16 Å². The summed E-state index contributed by atoms with van der Waals surface area (Å²) in [6.45, 7) is 2.38. The van der Waals surface area contributed by atoms with Gasteiger partial charge in [0.05, 0.1) is 19.7 Å². The van der Waals surface area contributed by atoms with E-state index in [0.29, 0.717) is 13.0 Å². The third kappa shape index (κ3) is 14.1. The molecule has 0 aromatic carbocycles. The molecule has 0 fully saturated rings. The quantitative estimate of drug-likeness (QED) is 0.301. The van der Waals surface area contributed by atoms with E-state index >= 15 is 0 Å². The maximum Gasteiger partial charge on any atom is 0.407 e. The molecule has 2 amide bonds. The van der Waals surface area contributed by atoms with Crippen molar-refractivity contribution >= 4 is 24.0 Å². The Morgan fingerprint density at radius 3 is 2.57 bits per heavy atom. The highest BCUT2D eigenvalue weighted by Crippen LogP contribution is 1.84. The normalized spacial score (nSPS) is 10.2. The SMILES string of the molecule is COCCCOC(=O)NCCO/N=C/C(=O)NCC(C)=O. The number of ketones is 1. The fourth-order valence-electron chi connectivity index (χ4n) is 1.01. The highest BCUT2D eigenvalue weighted by Gasteiger charge is 2.01. The molecule has 0 saturated carbocycles. The van der Waals surface area contributed by atoms with E-state index in [1.807, 2.05) is 0 Å². The van der Waals surface area contributed by atoms with Gasteiger partial charge in [0.15, 0.2) is 0 Å². The van der Waals surface area contributed by atoms with Crippen LogP contribution in [0.1, 0.15) is 13.3 Å². The molecule has 0 atom stereocenters. The van der Waals surface area contributed by atoms with Crippen LogP contribution in [-0.2, 0) is 23.9 Å². The first-order chi connectivity index (χ1) is 10.1. The van der Waals surface area contributed by atoms with Crippen molar-refractivity contribution in [1.82, 2.24) is 10.6 Å². The molecule has 0 heterocycles. The summed E-state index contributed by atoms with van der Waals surface area (Å²) in [7, 11) is 1.57. The number of hydrogen-bond donors (Lipinski definition) is 2. The van der Waals surface area contributed by atoms with Crippen LogP contribution in [-0.4, -0.2) is 64.0 Å². The number of nitrogens with one attached hydrogen (secondary N) is 2. The van der Waals surface area contributed by atoms with Crippen LogP contribution < -0.4 is 10.6 Å². The Bertz CT molecular complexity index is 359. The van der Waals surface area contributed by atoms with E-state index < -0.39 is 12.0 Å². The first-order valence-corrected chi connectivity index (χ1v) is 6.38. The zero-order valence-electron chi connectivity index (χ0n) is 12.2. The highest BCUT2D eigenvalue weighted by molar-refractivity contribution is 6.26. The lowest BCUT2D eigenvalue weighted by atomic mass is 10.4. The average Bonchev–Trinajstić information content (AvgIpc) is 2.45. The van der Waals surface area contributed by atoms with Crippen molar-refractivity contribution < 1.29 is 28.7 Å². The van der Waals surface area contributed by atoms with Crippen molar-refractivity contribution in [3.8, 4) is 0 Å². The number of hydrogen-bond acceptors (Lipinski definition) is 7. The van der Waals surface area contributed by atoms with E-state index in [1.165, 1.54) is 6.92 Å². The average molecular weight is 303 g/mol. The summed E-state index contributed by atoms with van der Waals surface area (Å²) >= 11 is 0. The van der Waals surface area contributed by atoms with Crippen LogP contribution in [0.2, 0.25) is 0 Å². The van der Waals surface area contributed by atoms with Crippen LogP contribution >= 0.6 is 0 Å². The number of methoxy groups -OCH3 is 1. The van der Waals surface area contributed by atoms with Crippen molar-refractivity contribution in [2.24, 2.45) is 5.16 Å². The number of carbonyl (C=O) groups is 3. The Morgan fingerprint density at radius 1 is 1.14 bits per heavy atom. The molecule has 0 unspecified atom stereocenters. The summed E-state index contributed by atoms with van der Waals surface area (Å²) in [5, 5.41) is 8.12. The van der Waals surface area contributed by atoms with E-state index in [1.54, 1.807) is 7.11 Å². The molecular weight excluding hydrogens is 282 g/mol. The predicted molar refractivity (Wildman–Crippen MR) is 74.0 cm³/mol. The lowest BCUT2D eigenvalue weighted by Gasteiger charge is -2.05. The fourth-order valence-corrected chi connectivity index (χ4v) is 1.01. The van der Waals surface area contributed by atoms with Crippen LogP contribution in [0.25, 0.3) is 0 Å². The van der Waals surface area contributed by atoms with Crippen LogP contribution in [0.4, 0.5) is 4.79 Å². The lowest BCUT2D eigenvalue weighted by molar-refractivity contribution is -0.120. The Balaban J connectivity index is 3.47. The molecule has 0 aliphatic heterocycles. The standard InChI is InChI=1S/C12H21N3O6/c1-10(16)8-14-11(17)9-15-21-7-4-13-12(18)20-6-3-5-19-2/h9H,3-8H2,1-2H3,(H,13,18)(H,14,17)/b15-9+. The van der Waals surface area contributed by atoms with Gasteiger partial charge in [-0.25, -0.2) is 4.79 Å². The Morgan fingerprint density at radius 2 is 1.90 bits per heavy atom. The molecule has 0 spiro atoms. The van der Waals surface area contributed by atoms with Gasteiger partial charge in [0.1, 0.15) is 18.6 Å². The van der Waals surface area contributed by atoms with E-state index in [0.717, 1.165) is 6.21 Å². The van der Waals surface area contributed by atoms with Gasteiger partial charge < -0.3 is 24.9 Å². The molecule has 21 heavy (non-hydrogen) atoms. The van der Waals surface area contributed by atoms with Crippen LogP contribution in [0.15, 0.2) is 5.16 Å². The molecule has 0 aliphatic carbocycles. The summed E-state index contributed by atoms with van der Waals surface area (Å²) in [6.07, 6.45) is 0.976. The van der Waals surface area contributed by atoms with Crippen molar-refractivity contribution in [1.29, 1.82) is 0 Å². The number of nitrogens with zero attached hydrogens (tertiary/aromatic N) is 1. The van der Waals surface area contributed by atoms with Crippen molar-refractivity contribution in [3.05, 3.63) is 0 Å². The number of alkyl carbamates (subject to hydrolysis) is 1. The Kier molecular flexibility index (Phi) is 11.5. The van der Waals surface area contributed by atoms with Gasteiger partial charge in [0, 0.05) is 20.1 Å². The second-order valence-electron chi connectivity index (χ2n) is 3.90. The van der Waals surface area contributed by atoms with Gasteiger partial charge >= 0.3 is 6.09 Å². The third-order valence-corrected chi connectivity index (χ3v) is 1.94. The monoisotopic (exact) mass is 303 g/mol. The van der Waals surface area contributed by atoms with E-state index in [-0.39, 0.29) is 32.1 Å². The van der Waals surface area contributed by atoms with Gasteiger partial charge in [-0.3, -0.25) is 9.59 Å². The predicted octanol–water partition coefficient (Wildman–Crippen LogP) is -0.543. The summed E-state index contributed by atoms with van der Waals surface area (Å²) in [5.41, 5.74) is 0. The van der Waals surface area contributed by atoms with Crippen molar-refractivity contribution in [2.45, 2.75) is 13.3 Å². The van der Waals surface area contributed by atoms with Crippen LogP contribution in [0, 0.1) is 0 Å². The van der Waals surface area contributed by atoms with Crippen LogP contribution in [0.5, 0.6) is 0 Å². The largest absolute Gasteiger partial charge is 0.449 e. The van der Waals surface area contributed by atoms with Gasteiger partial charge in [0.25, 0.3) is 5.91 Å². The second-order valence-corrected chi connectivity index (χ2v) is 3.90. The minimum Gasteiger partial charge on any atom is -0.449 e. The molecule has 120 valence electrons. The zero-order chi connectivity index (χ0) is 15.9. The van der Waals surface area contributed by atoms with Crippen molar-refractivity contribution in [3.63, 3.8) is 0 Å². The molecule has 0 bridgehead atoms. The van der Waals surface area contributed by atoms with Crippen molar-refractivity contribution in [2.75, 3.05) is 40.0 Å². The maximum atomic E-state index is 11.1. The number of carbonyl (C=O) groups excluding carboxylic acids is 3. The summed E-state index contributed by atoms with van der Waals surface area (Å²) in [6, 6.07) is 0. The topological polar surface area (TPSA) is 115 Å². The molecule has 0 aromatic heterocycles. The first kappa shape index (κ1) is 18.8. The number of rotatable bonds is 11. The number of Topliss-reactive ketones (excluding diaryl/α,β-unsaturated/α-hetero) is 1. The smallest absolute Gasteiger partial charge is 0.407 e. The van der Waals surface area contributed by atoms with E-state index in [4.69, 9.17) is 14.3 Å². The van der Waals surface area contributed by atoms with E-state index in [2.05, 4.69) is 15.8 Å². The molecular formula is C12H21N3O6. The third-order valence-electron chi connectivity index (χ3n) is 1.94. The lowest BCUT2D eigenvalue weighted by Crippen LogP contribution is -2.29. The zero-order valence-corrected chi connectivity index (χ0v) is 12.2. The molecule has 0 aromatic rings. The number of amides is 2. The minimum atomic E-state index is -0.558. The summed E-state index contributed by atoms with van der Waals surface area (Å²) in [4.78, 5) is 37.5. The molecule has 0 aliphatic rings. The Labute approximate surface area is 123 Å². The van der Waals surface area contributed by atoms with Gasteiger partial charge in [-0.05, 0) is 6.92 Å². The van der Waals surface area contributed by atoms with Gasteiger partial charge in [-0.2, -0.15) is 0 Å². The molecule has 0 saturated heterocycles. The fraction of sp³-hybridized carbons (Fsp3) is 0.667. The van der Waals surface area contributed by atoms with Gasteiger partial charge in [-0.15, -0.1) is 0 Å². The van der Waals surface area contributed by atoms with Gasteiger partial charge in [0.2, 0.25) is 0 Å². The second kappa shape index (κ2) is 12.9. The number of oxime groups is 1. The molecule has 0 radical (unpaired) electrons. The van der Waals surface area contributed by atoms with Crippen LogP contribution in [0.3, 0.4) is 0 Å².